The lowest BCUT2D eigenvalue weighted by Gasteiger charge is -2.29. The molecule has 1 N–H and O–H groups in total. The quantitative estimate of drug-likeness (QED) is 0.774. The molecule has 2 aromatic heterocycles. The Morgan fingerprint density at radius 3 is 2.85 bits per heavy atom. The number of anilines is 2. The van der Waals surface area contributed by atoms with Crippen LogP contribution in [0.15, 0.2) is 30.6 Å². The number of amides is 1. The highest BCUT2D eigenvalue weighted by atomic mass is 16.5. The summed E-state index contributed by atoms with van der Waals surface area (Å²) in [5.74, 6) is 0.361. The van der Waals surface area contributed by atoms with Gasteiger partial charge >= 0.3 is 0 Å². The van der Waals surface area contributed by atoms with Gasteiger partial charge in [0.1, 0.15) is 0 Å². The van der Waals surface area contributed by atoms with Crippen LogP contribution in [0.1, 0.15) is 17.3 Å². The molecule has 0 unspecified atom stereocenters. The van der Waals surface area contributed by atoms with Gasteiger partial charge in [-0.05, 0) is 19.1 Å². The van der Waals surface area contributed by atoms with E-state index in [-0.39, 0.29) is 5.91 Å². The maximum Gasteiger partial charge on any atom is 0.260 e. The van der Waals surface area contributed by atoms with Crippen LogP contribution in [0.5, 0.6) is 0 Å². The van der Waals surface area contributed by atoms with Gasteiger partial charge in [0.25, 0.3) is 5.91 Å². The lowest BCUT2D eigenvalue weighted by molar-refractivity contribution is 0.102. The Morgan fingerprint density at radius 2 is 2.12 bits per heavy atom. The minimum atomic E-state index is -0.207. The van der Waals surface area contributed by atoms with E-state index in [1.165, 1.54) is 0 Å². The predicted molar refractivity (Wildman–Crippen MR) is 99.6 cm³/mol. The lowest BCUT2D eigenvalue weighted by Crippen LogP contribution is -2.36. The van der Waals surface area contributed by atoms with Crippen LogP contribution in [0.25, 0.3) is 10.9 Å². The first kappa shape index (κ1) is 16.6. The molecule has 0 saturated carbocycles. The number of carbonyl (C=O) groups is 1. The van der Waals surface area contributed by atoms with Crippen LogP contribution in [0.2, 0.25) is 0 Å². The summed E-state index contributed by atoms with van der Waals surface area (Å²) in [6.45, 7) is 5.76. The summed E-state index contributed by atoms with van der Waals surface area (Å²) in [6.07, 6.45) is 3.32. The van der Waals surface area contributed by atoms with E-state index in [2.05, 4.69) is 26.5 Å². The summed E-state index contributed by atoms with van der Waals surface area (Å²) in [4.78, 5) is 14.9. The van der Waals surface area contributed by atoms with Crippen LogP contribution in [0.4, 0.5) is 11.5 Å². The molecule has 1 amide bonds. The third kappa shape index (κ3) is 2.92. The summed E-state index contributed by atoms with van der Waals surface area (Å²) in [7, 11) is 1.89. The molecule has 1 fully saturated rings. The molecule has 136 valence electrons. The average molecular weight is 354 g/mol. The number of aromatic nitrogens is 4. The molecule has 1 aromatic carbocycles. The second kappa shape index (κ2) is 6.80. The molecule has 1 saturated heterocycles. The van der Waals surface area contributed by atoms with Crippen LogP contribution >= 0.6 is 0 Å². The number of hydrogen-bond acceptors (Lipinski definition) is 5. The summed E-state index contributed by atoms with van der Waals surface area (Å²) in [5, 5.41) is 12.6. The fourth-order valence-corrected chi connectivity index (χ4v) is 3.28. The van der Waals surface area contributed by atoms with Crippen molar-refractivity contribution in [3.05, 3.63) is 36.2 Å². The van der Waals surface area contributed by atoms with E-state index in [1.54, 1.807) is 21.8 Å². The molecule has 1 aliphatic rings. The molecule has 4 rings (SSSR count). The fraction of sp³-hybridized carbons (Fsp3) is 0.389. The first-order valence-electron chi connectivity index (χ1n) is 8.79. The number of nitrogens with one attached hydrogen (secondary N) is 1. The molecule has 3 heterocycles. The van der Waals surface area contributed by atoms with Gasteiger partial charge in [-0.1, -0.05) is 6.07 Å². The first-order chi connectivity index (χ1) is 12.7. The molecule has 0 aliphatic carbocycles. The number of aryl methyl sites for hydroxylation is 2. The molecule has 0 atom stereocenters. The number of nitrogens with zero attached hydrogens (tertiary/aromatic N) is 5. The molecule has 26 heavy (non-hydrogen) atoms. The van der Waals surface area contributed by atoms with Gasteiger partial charge in [-0.25, -0.2) is 0 Å². The zero-order valence-electron chi connectivity index (χ0n) is 15.0. The number of benzene rings is 1. The zero-order valence-corrected chi connectivity index (χ0v) is 15.0. The van der Waals surface area contributed by atoms with E-state index in [4.69, 9.17) is 4.74 Å². The van der Waals surface area contributed by atoms with Gasteiger partial charge in [-0.3, -0.25) is 14.2 Å². The van der Waals surface area contributed by atoms with Crippen molar-refractivity contribution in [3.8, 4) is 0 Å². The summed E-state index contributed by atoms with van der Waals surface area (Å²) >= 11 is 0. The second-order valence-electron chi connectivity index (χ2n) is 6.28. The highest BCUT2D eigenvalue weighted by molar-refractivity contribution is 6.10. The summed E-state index contributed by atoms with van der Waals surface area (Å²) < 4.78 is 8.99. The molecule has 1 aliphatic heterocycles. The average Bonchev–Trinajstić information content (AvgIpc) is 3.28. The van der Waals surface area contributed by atoms with Crippen LogP contribution in [-0.2, 0) is 18.3 Å². The molecule has 0 bridgehead atoms. The number of ether oxygens (including phenoxy) is 1. The minimum absolute atomic E-state index is 0.207. The molecule has 0 spiro atoms. The number of hydrogen-bond donors (Lipinski definition) is 1. The number of carbonyl (C=O) groups excluding carboxylic acids is 1. The lowest BCUT2D eigenvalue weighted by atomic mass is 10.1. The highest BCUT2D eigenvalue weighted by Crippen LogP contribution is 2.33. The Labute approximate surface area is 151 Å². The Hall–Kier alpha value is -2.87. The molecule has 3 aromatic rings. The van der Waals surface area contributed by atoms with Crippen molar-refractivity contribution in [1.82, 2.24) is 19.6 Å². The summed E-state index contributed by atoms with van der Waals surface area (Å²) in [5.41, 5.74) is 2.57. The van der Waals surface area contributed by atoms with E-state index in [0.717, 1.165) is 36.2 Å². The minimum Gasteiger partial charge on any atom is -0.378 e. The largest absolute Gasteiger partial charge is 0.378 e. The van der Waals surface area contributed by atoms with Crippen molar-refractivity contribution in [2.24, 2.45) is 7.05 Å². The number of rotatable bonds is 4. The van der Waals surface area contributed by atoms with Crippen molar-refractivity contribution in [2.45, 2.75) is 13.5 Å². The highest BCUT2D eigenvalue weighted by Gasteiger charge is 2.20. The third-order valence-corrected chi connectivity index (χ3v) is 4.66. The Balaban J connectivity index is 1.71. The molecular formula is C18H22N6O2. The maximum absolute atomic E-state index is 12.6. The van der Waals surface area contributed by atoms with E-state index in [9.17, 15) is 4.79 Å². The van der Waals surface area contributed by atoms with Crippen molar-refractivity contribution >= 4 is 28.3 Å². The van der Waals surface area contributed by atoms with Crippen LogP contribution in [0.3, 0.4) is 0 Å². The zero-order chi connectivity index (χ0) is 18.1. The monoisotopic (exact) mass is 354 g/mol. The topological polar surface area (TPSA) is 77.2 Å². The second-order valence-corrected chi connectivity index (χ2v) is 6.28. The van der Waals surface area contributed by atoms with Gasteiger partial charge < -0.3 is 15.0 Å². The smallest absolute Gasteiger partial charge is 0.260 e. The Bertz CT molecular complexity index is 938. The van der Waals surface area contributed by atoms with E-state index < -0.39 is 0 Å². The van der Waals surface area contributed by atoms with Gasteiger partial charge in [0, 0.05) is 32.9 Å². The molecule has 8 heteroatoms. The number of fused-ring (bicyclic) bond motifs is 1. The predicted octanol–water partition coefficient (Wildman–Crippen LogP) is 1.88. The van der Waals surface area contributed by atoms with Gasteiger partial charge in [0.2, 0.25) is 0 Å². The standard InChI is InChI=1S/C18H22N6O2/c1-3-24-12-13(11-19-24)18(25)20-17-16-14(22(2)21-17)5-4-6-15(16)23-7-9-26-10-8-23/h4-6,11-12H,3,7-10H2,1-2H3,(H,20,21,25). The molecule has 8 nitrogen and oxygen atoms in total. The number of morpholine rings is 1. The maximum atomic E-state index is 12.6. The Kier molecular flexibility index (Phi) is 4.34. The van der Waals surface area contributed by atoms with Crippen LogP contribution in [-0.4, -0.2) is 51.8 Å². The van der Waals surface area contributed by atoms with Crippen molar-refractivity contribution in [1.29, 1.82) is 0 Å². The molecule has 0 radical (unpaired) electrons. The molecular weight excluding hydrogens is 332 g/mol. The van der Waals surface area contributed by atoms with Crippen molar-refractivity contribution < 1.29 is 9.53 Å². The van der Waals surface area contributed by atoms with Crippen molar-refractivity contribution in [3.63, 3.8) is 0 Å². The van der Waals surface area contributed by atoms with E-state index >= 15 is 0 Å². The normalized spacial score (nSPS) is 14.8. The van der Waals surface area contributed by atoms with Crippen LogP contribution < -0.4 is 10.2 Å². The first-order valence-corrected chi connectivity index (χ1v) is 8.79. The summed E-state index contributed by atoms with van der Waals surface area (Å²) in [6, 6.07) is 6.10. The van der Waals surface area contributed by atoms with Gasteiger partial charge in [0.15, 0.2) is 5.82 Å². The third-order valence-electron chi connectivity index (χ3n) is 4.66. The van der Waals surface area contributed by atoms with Gasteiger partial charge in [-0.15, -0.1) is 0 Å². The fourth-order valence-electron chi connectivity index (χ4n) is 3.28. The van der Waals surface area contributed by atoms with Crippen molar-refractivity contribution in [2.75, 3.05) is 36.5 Å². The van der Waals surface area contributed by atoms with E-state index in [1.807, 2.05) is 26.1 Å². The SMILES string of the molecule is CCn1cc(C(=O)Nc2nn(C)c3cccc(N4CCOCC4)c23)cn1. The van der Waals surface area contributed by atoms with Gasteiger partial charge in [0.05, 0.1) is 41.6 Å². The van der Waals surface area contributed by atoms with E-state index in [0.29, 0.717) is 24.6 Å². The van der Waals surface area contributed by atoms with Crippen LogP contribution in [0, 0.1) is 0 Å². The Morgan fingerprint density at radius 1 is 1.31 bits per heavy atom. The van der Waals surface area contributed by atoms with Gasteiger partial charge in [-0.2, -0.15) is 10.2 Å².